The first-order chi connectivity index (χ1) is 10.3. The van der Waals surface area contributed by atoms with Gasteiger partial charge in [-0.15, -0.1) is 0 Å². The van der Waals surface area contributed by atoms with Crippen LogP contribution in [-0.2, 0) is 6.18 Å². The summed E-state index contributed by atoms with van der Waals surface area (Å²) in [6.45, 7) is 0.366. The van der Waals surface area contributed by atoms with Crippen molar-refractivity contribution in [2.75, 3.05) is 6.54 Å². The molecule has 7 heteroatoms. The van der Waals surface area contributed by atoms with E-state index in [-0.39, 0.29) is 17.5 Å². The van der Waals surface area contributed by atoms with Crippen molar-refractivity contribution in [2.24, 2.45) is 11.7 Å². The lowest BCUT2D eigenvalue weighted by Gasteiger charge is -2.26. The molecule has 122 valence electrons. The van der Waals surface area contributed by atoms with Crippen LogP contribution in [0.5, 0.6) is 0 Å². The van der Waals surface area contributed by atoms with Crippen LogP contribution < -0.4 is 11.1 Å². The van der Waals surface area contributed by atoms with Crippen molar-refractivity contribution in [3.63, 3.8) is 0 Å². The highest BCUT2D eigenvalue weighted by atomic mass is 19.4. The molecule has 0 heterocycles. The summed E-state index contributed by atoms with van der Waals surface area (Å²) in [5, 5.41) is 2.60. The summed E-state index contributed by atoms with van der Waals surface area (Å²) in [7, 11) is 0. The van der Waals surface area contributed by atoms with E-state index in [1.807, 2.05) is 0 Å². The van der Waals surface area contributed by atoms with Crippen molar-refractivity contribution < 1.29 is 22.4 Å². The lowest BCUT2D eigenvalue weighted by atomic mass is 9.86. The molecule has 2 rings (SSSR count). The van der Waals surface area contributed by atoms with Crippen LogP contribution in [0.2, 0.25) is 0 Å². The first-order valence-electron chi connectivity index (χ1n) is 7.18. The summed E-state index contributed by atoms with van der Waals surface area (Å²) in [5.74, 6) is -1.79. The third kappa shape index (κ3) is 4.19. The van der Waals surface area contributed by atoms with Gasteiger partial charge in [-0.3, -0.25) is 4.79 Å². The fraction of sp³-hybridized carbons (Fsp3) is 0.533. The topological polar surface area (TPSA) is 55.1 Å². The van der Waals surface area contributed by atoms with Crippen LogP contribution in [0.15, 0.2) is 18.2 Å². The number of nitrogens with one attached hydrogen (secondary N) is 1. The summed E-state index contributed by atoms with van der Waals surface area (Å²) in [6, 6.07) is 2.36. The molecule has 0 radical (unpaired) electrons. The first-order valence-corrected chi connectivity index (χ1v) is 7.18. The van der Waals surface area contributed by atoms with Gasteiger partial charge >= 0.3 is 6.18 Å². The number of carbonyl (C=O) groups excluding carboxylic acids is 1. The van der Waals surface area contributed by atoms with E-state index in [0.717, 1.165) is 31.7 Å². The molecule has 0 saturated heterocycles. The molecule has 3 nitrogen and oxygen atoms in total. The molecular weight excluding hydrogens is 300 g/mol. The van der Waals surface area contributed by atoms with Gasteiger partial charge in [0.25, 0.3) is 5.91 Å². The molecule has 0 aromatic heterocycles. The summed E-state index contributed by atoms with van der Waals surface area (Å²) < 4.78 is 51.1. The summed E-state index contributed by atoms with van der Waals surface area (Å²) >= 11 is 0. The molecule has 22 heavy (non-hydrogen) atoms. The molecule has 1 aromatic carbocycles. The van der Waals surface area contributed by atoms with E-state index in [1.54, 1.807) is 0 Å². The number of halogens is 4. The molecule has 1 aliphatic rings. The van der Waals surface area contributed by atoms with E-state index in [2.05, 4.69) is 5.32 Å². The maximum Gasteiger partial charge on any atom is 0.419 e. The third-order valence-electron chi connectivity index (χ3n) is 3.91. The molecule has 0 bridgehead atoms. The molecule has 0 aliphatic heterocycles. The van der Waals surface area contributed by atoms with Gasteiger partial charge in [-0.1, -0.05) is 6.42 Å². The second-order valence-electron chi connectivity index (χ2n) is 5.70. The van der Waals surface area contributed by atoms with Crippen LogP contribution in [0.4, 0.5) is 17.6 Å². The molecule has 1 saturated carbocycles. The Morgan fingerprint density at radius 1 is 1.32 bits per heavy atom. The number of hydrogen-bond donors (Lipinski definition) is 2. The first kappa shape index (κ1) is 16.7. The molecule has 1 aliphatic carbocycles. The van der Waals surface area contributed by atoms with Crippen LogP contribution >= 0.6 is 0 Å². The number of carbonyl (C=O) groups is 1. The number of rotatable bonds is 3. The van der Waals surface area contributed by atoms with E-state index >= 15 is 0 Å². The lowest BCUT2D eigenvalue weighted by Crippen LogP contribution is -2.35. The van der Waals surface area contributed by atoms with Crippen LogP contribution in [0.1, 0.15) is 41.6 Å². The van der Waals surface area contributed by atoms with Gasteiger partial charge in [0.15, 0.2) is 0 Å². The van der Waals surface area contributed by atoms with Gasteiger partial charge in [0.2, 0.25) is 0 Å². The molecule has 1 fully saturated rings. The van der Waals surface area contributed by atoms with Gasteiger partial charge in [-0.25, -0.2) is 4.39 Å². The van der Waals surface area contributed by atoms with E-state index < -0.39 is 23.5 Å². The Hall–Kier alpha value is -1.63. The van der Waals surface area contributed by atoms with Crippen LogP contribution in [0.25, 0.3) is 0 Å². The Kier molecular flexibility index (Phi) is 5.05. The zero-order valence-corrected chi connectivity index (χ0v) is 11.9. The summed E-state index contributed by atoms with van der Waals surface area (Å²) in [6.07, 6.45) is -1.16. The highest BCUT2D eigenvalue weighted by Gasteiger charge is 2.34. The Bertz CT molecular complexity index is 545. The Morgan fingerprint density at radius 3 is 2.68 bits per heavy atom. The monoisotopic (exact) mass is 318 g/mol. The second-order valence-corrected chi connectivity index (χ2v) is 5.70. The maximum atomic E-state index is 13.2. The molecular formula is C15H18F4N2O. The predicted molar refractivity (Wildman–Crippen MR) is 73.7 cm³/mol. The second kappa shape index (κ2) is 6.64. The van der Waals surface area contributed by atoms with Crippen molar-refractivity contribution in [3.8, 4) is 0 Å². The standard InChI is InChI=1S/C15H18F4N2O/c16-13-5-4-10(7-12(13)15(17,18)19)14(22)21-8-9-2-1-3-11(20)6-9/h4-5,7,9,11H,1-3,6,8,20H2,(H,21,22). The van der Waals surface area contributed by atoms with E-state index in [4.69, 9.17) is 5.73 Å². The van der Waals surface area contributed by atoms with Crippen molar-refractivity contribution in [2.45, 2.75) is 37.9 Å². The fourth-order valence-electron chi connectivity index (χ4n) is 2.74. The average molecular weight is 318 g/mol. The largest absolute Gasteiger partial charge is 0.419 e. The van der Waals surface area contributed by atoms with Gasteiger partial charge in [0, 0.05) is 18.2 Å². The minimum atomic E-state index is -4.82. The van der Waals surface area contributed by atoms with Crippen molar-refractivity contribution >= 4 is 5.91 Å². The normalized spacial score (nSPS) is 22.4. The van der Waals surface area contributed by atoms with E-state index in [0.29, 0.717) is 18.7 Å². The van der Waals surface area contributed by atoms with Crippen molar-refractivity contribution in [1.82, 2.24) is 5.32 Å². The molecule has 2 unspecified atom stereocenters. The number of amides is 1. The third-order valence-corrected chi connectivity index (χ3v) is 3.91. The smallest absolute Gasteiger partial charge is 0.352 e. The molecule has 1 amide bonds. The lowest BCUT2D eigenvalue weighted by molar-refractivity contribution is -0.140. The molecule has 2 atom stereocenters. The zero-order chi connectivity index (χ0) is 16.3. The summed E-state index contributed by atoms with van der Waals surface area (Å²) in [5.41, 5.74) is 4.22. The SMILES string of the molecule is NC1CCCC(CNC(=O)c2ccc(F)c(C(F)(F)F)c2)C1. The highest BCUT2D eigenvalue weighted by Crippen LogP contribution is 2.32. The average Bonchev–Trinajstić information content (AvgIpc) is 2.44. The summed E-state index contributed by atoms with van der Waals surface area (Å²) in [4.78, 5) is 11.9. The molecule has 3 N–H and O–H groups in total. The van der Waals surface area contributed by atoms with Gasteiger partial charge in [-0.2, -0.15) is 13.2 Å². The number of alkyl halides is 3. The predicted octanol–water partition coefficient (Wildman–Crippen LogP) is 3.09. The van der Waals surface area contributed by atoms with Gasteiger partial charge in [-0.05, 0) is 43.4 Å². The maximum absolute atomic E-state index is 13.2. The van der Waals surface area contributed by atoms with Gasteiger partial charge in [0.05, 0.1) is 5.56 Å². The van der Waals surface area contributed by atoms with Gasteiger partial charge in [0.1, 0.15) is 5.82 Å². The Morgan fingerprint density at radius 2 is 2.05 bits per heavy atom. The van der Waals surface area contributed by atoms with Crippen LogP contribution in [-0.4, -0.2) is 18.5 Å². The molecule has 1 aromatic rings. The number of hydrogen-bond acceptors (Lipinski definition) is 2. The van der Waals surface area contributed by atoms with Crippen molar-refractivity contribution in [3.05, 3.63) is 35.1 Å². The Balaban J connectivity index is 2.01. The van der Waals surface area contributed by atoms with E-state index in [1.165, 1.54) is 0 Å². The minimum absolute atomic E-state index is 0.110. The fourth-order valence-corrected chi connectivity index (χ4v) is 2.74. The quantitative estimate of drug-likeness (QED) is 0.842. The Labute approximate surface area is 125 Å². The van der Waals surface area contributed by atoms with Crippen molar-refractivity contribution in [1.29, 1.82) is 0 Å². The van der Waals surface area contributed by atoms with Gasteiger partial charge < -0.3 is 11.1 Å². The van der Waals surface area contributed by atoms with E-state index in [9.17, 15) is 22.4 Å². The number of benzene rings is 1. The zero-order valence-electron chi connectivity index (χ0n) is 11.9. The van der Waals surface area contributed by atoms with Crippen LogP contribution in [0.3, 0.4) is 0 Å². The molecule has 0 spiro atoms. The minimum Gasteiger partial charge on any atom is -0.352 e. The highest BCUT2D eigenvalue weighted by molar-refractivity contribution is 5.94. The van der Waals surface area contributed by atoms with Crippen LogP contribution in [0, 0.1) is 11.7 Å². The number of nitrogens with two attached hydrogens (primary N) is 1.